The Morgan fingerprint density at radius 1 is 1.03 bits per heavy atom. The lowest BCUT2D eigenvalue weighted by Gasteiger charge is -2.30. The van der Waals surface area contributed by atoms with Gasteiger partial charge in [-0.3, -0.25) is 4.79 Å². The number of amides is 1. The minimum atomic E-state index is -4.40. The van der Waals surface area contributed by atoms with Crippen LogP contribution in [-0.2, 0) is 6.18 Å². The van der Waals surface area contributed by atoms with Gasteiger partial charge in [-0.05, 0) is 91.2 Å². The Labute approximate surface area is 184 Å². The van der Waals surface area contributed by atoms with Crippen molar-refractivity contribution in [1.29, 1.82) is 0 Å². The lowest BCUT2D eigenvalue weighted by atomic mass is 9.78. The topological polar surface area (TPSA) is 64.4 Å². The molecule has 4 rings (SSSR count). The lowest BCUT2D eigenvalue weighted by Crippen LogP contribution is -2.31. The van der Waals surface area contributed by atoms with Crippen LogP contribution in [0.15, 0.2) is 54.6 Å². The second-order valence-electron chi connectivity index (χ2n) is 8.24. The molecule has 1 unspecified atom stereocenters. The molecule has 0 aliphatic carbocycles. The van der Waals surface area contributed by atoms with Crippen LogP contribution in [0.3, 0.4) is 0 Å². The van der Waals surface area contributed by atoms with Gasteiger partial charge in [0.25, 0.3) is 0 Å². The number of piperidine rings is 1. The van der Waals surface area contributed by atoms with Crippen molar-refractivity contribution in [3.8, 4) is 11.5 Å². The first-order chi connectivity index (χ1) is 15.3. The normalized spacial score (nSPS) is 16.1. The highest BCUT2D eigenvalue weighted by molar-refractivity contribution is 6.02. The van der Waals surface area contributed by atoms with Crippen LogP contribution in [0.5, 0.6) is 11.5 Å². The van der Waals surface area contributed by atoms with E-state index in [1.807, 2.05) is 12.1 Å². The van der Waals surface area contributed by atoms with E-state index in [0.29, 0.717) is 23.0 Å². The smallest absolute Gasteiger partial charge is 0.416 e. The van der Waals surface area contributed by atoms with E-state index in [1.165, 1.54) is 12.1 Å². The average molecular weight is 442 g/mol. The van der Waals surface area contributed by atoms with Gasteiger partial charge in [-0.1, -0.05) is 19.1 Å². The first-order valence-corrected chi connectivity index (χ1v) is 10.7. The van der Waals surface area contributed by atoms with Crippen molar-refractivity contribution in [2.24, 2.45) is 11.7 Å². The summed E-state index contributed by atoms with van der Waals surface area (Å²) in [6.07, 6.45) is -2.38. The van der Waals surface area contributed by atoms with Crippen molar-refractivity contribution in [2.45, 2.75) is 31.9 Å². The Morgan fingerprint density at radius 3 is 2.34 bits per heavy atom. The number of alkyl halides is 3. The molecule has 0 aromatic heterocycles. The van der Waals surface area contributed by atoms with Gasteiger partial charge in [0.05, 0.1) is 5.56 Å². The first kappa shape index (κ1) is 22.1. The molecule has 0 spiro atoms. The number of nitrogens with two attached hydrogens (primary N) is 1. The van der Waals surface area contributed by atoms with Crippen molar-refractivity contribution in [2.75, 3.05) is 13.1 Å². The van der Waals surface area contributed by atoms with Gasteiger partial charge in [0.1, 0.15) is 11.5 Å². The molecular formula is C25H25F3N2O2. The molecule has 3 N–H and O–H groups in total. The third kappa shape index (κ3) is 4.43. The summed E-state index contributed by atoms with van der Waals surface area (Å²) in [5.74, 6) is 0.871. The molecule has 1 aliphatic heterocycles. The van der Waals surface area contributed by atoms with E-state index in [4.69, 9.17) is 10.5 Å². The summed E-state index contributed by atoms with van der Waals surface area (Å²) >= 11 is 0. The Balaban J connectivity index is 1.75. The van der Waals surface area contributed by atoms with Crippen LogP contribution in [0.2, 0.25) is 0 Å². The number of halogens is 3. The molecule has 1 fully saturated rings. The summed E-state index contributed by atoms with van der Waals surface area (Å²) in [4.78, 5) is 12.2. The maximum Gasteiger partial charge on any atom is 0.416 e. The minimum Gasteiger partial charge on any atom is -0.457 e. The predicted molar refractivity (Wildman–Crippen MR) is 118 cm³/mol. The van der Waals surface area contributed by atoms with E-state index in [0.717, 1.165) is 54.4 Å². The van der Waals surface area contributed by atoms with E-state index in [2.05, 4.69) is 12.2 Å². The lowest BCUT2D eigenvalue weighted by molar-refractivity contribution is -0.137. The third-order valence-corrected chi connectivity index (χ3v) is 6.28. The molecule has 1 atom stereocenters. The number of rotatable bonds is 5. The van der Waals surface area contributed by atoms with Gasteiger partial charge in [-0.2, -0.15) is 13.2 Å². The fraction of sp³-hybridized carbons (Fsp3) is 0.320. The fourth-order valence-corrected chi connectivity index (χ4v) is 4.57. The summed E-state index contributed by atoms with van der Waals surface area (Å²) in [7, 11) is 0. The number of benzene rings is 3. The van der Waals surface area contributed by atoms with Crippen molar-refractivity contribution in [1.82, 2.24) is 5.32 Å². The molecular weight excluding hydrogens is 417 g/mol. The second kappa shape index (κ2) is 8.82. The first-order valence-electron chi connectivity index (χ1n) is 10.7. The van der Waals surface area contributed by atoms with Gasteiger partial charge in [-0.15, -0.1) is 0 Å². The molecule has 1 aliphatic rings. The number of fused-ring (bicyclic) bond motifs is 1. The largest absolute Gasteiger partial charge is 0.457 e. The van der Waals surface area contributed by atoms with Gasteiger partial charge in [0, 0.05) is 10.9 Å². The average Bonchev–Trinajstić information content (AvgIpc) is 2.78. The van der Waals surface area contributed by atoms with Crippen LogP contribution in [0.1, 0.15) is 47.2 Å². The molecule has 4 nitrogen and oxygen atoms in total. The molecule has 3 aromatic carbocycles. The molecule has 1 heterocycles. The quantitative estimate of drug-likeness (QED) is 0.521. The van der Waals surface area contributed by atoms with Crippen molar-refractivity contribution in [3.63, 3.8) is 0 Å². The summed E-state index contributed by atoms with van der Waals surface area (Å²) in [6.45, 7) is 4.00. The van der Waals surface area contributed by atoms with Crippen molar-refractivity contribution < 1.29 is 22.7 Å². The maximum atomic E-state index is 12.8. The zero-order valence-corrected chi connectivity index (χ0v) is 17.7. The zero-order chi connectivity index (χ0) is 22.9. The second-order valence-corrected chi connectivity index (χ2v) is 8.24. The van der Waals surface area contributed by atoms with E-state index in [1.54, 1.807) is 18.2 Å². The highest BCUT2D eigenvalue weighted by atomic mass is 19.4. The number of carbonyl (C=O) groups excluding carboxylic acids is 1. The fourth-order valence-electron chi connectivity index (χ4n) is 4.57. The monoisotopic (exact) mass is 442 g/mol. The van der Waals surface area contributed by atoms with E-state index < -0.39 is 17.6 Å². The van der Waals surface area contributed by atoms with Gasteiger partial charge in [-0.25, -0.2) is 0 Å². The predicted octanol–water partition coefficient (Wildman–Crippen LogP) is 5.85. The van der Waals surface area contributed by atoms with E-state index >= 15 is 0 Å². The van der Waals surface area contributed by atoms with Crippen LogP contribution >= 0.6 is 0 Å². The van der Waals surface area contributed by atoms with Gasteiger partial charge in [0.2, 0.25) is 5.91 Å². The summed E-state index contributed by atoms with van der Waals surface area (Å²) < 4.78 is 44.5. The van der Waals surface area contributed by atoms with Crippen LogP contribution in [0.25, 0.3) is 10.8 Å². The van der Waals surface area contributed by atoms with Crippen LogP contribution in [-0.4, -0.2) is 19.0 Å². The minimum absolute atomic E-state index is 0.115. The molecule has 0 radical (unpaired) electrons. The summed E-state index contributed by atoms with van der Waals surface area (Å²) in [6, 6.07) is 13.6. The van der Waals surface area contributed by atoms with Gasteiger partial charge < -0.3 is 15.8 Å². The Kier molecular flexibility index (Phi) is 6.11. The molecule has 7 heteroatoms. The molecule has 168 valence electrons. The number of nitrogens with one attached hydrogen (secondary N) is 1. The number of carbonyl (C=O) groups is 1. The van der Waals surface area contributed by atoms with E-state index in [-0.39, 0.29) is 5.92 Å². The standard InChI is InChI=1S/C25H25F3N2O2/c1-15(16-11-13-30-14-12-16)23-20-3-2-4-22(19(20)9-10-21(23)24(29)31)32-18-7-5-17(6-8-18)25(26,27)28/h2-10,15-16,30H,11-14H2,1H3,(H2,29,31). The summed E-state index contributed by atoms with van der Waals surface area (Å²) in [5.41, 5.74) is 6.38. The Hall–Kier alpha value is -3.06. The number of hydrogen-bond donors (Lipinski definition) is 2. The number of primary amides is 1. The van der Waals surface area contributed by atoms with Gasteiger partial charge >= 0.3 is 6.18 Å². The zero-order valence-electron chi connectivity index (χ0n) is 17.7. The van der Waals surface area contributed by atoms with Crippen molar-refractivity contribution in [3.05, 3.63) is 71.3 Å². The SMILES string of the molecule is CC(c1c(C(N)=O)ccc2c(Oc3ccc(C(F)(F)F)cc3)cccc12)C1CCNCC1. The Morgan fingerprint density at radius 2 is 1.72 bits per heavy atom. The molecule has 3 aromatic rings. The van der Waals surface area contributed by atoms with Crippen LogP contribution in [0.4, 0.5) is 13.2 Å². The van der Waals surface area contributed by atoms with Crippen molar-refractivity contribution >= 4 is 16.7 Å². The molecule has 0 saturated carbocycles. The van der Waals surface area contributed by atoms with Crippen LogP contribution in [0, 0.1) is 5.92 Å². The molecule has 1 saturated heterocycles. The van der Waals surface area contributed by atoms with Crippen LogP contribution < -0.4 is 15.8 Å². The summed E-state index contributed by atoms with van der Waals surface area (Å²) in [5, 5.41) is 5.02. The Bertz CT molecular complexity index is 1120. The number of ether oxygens (including phenoxy) is 1. The highest BCUT2D eigenvalue weighted by Gasteiger charge is 2.30. The maximum absolute atomic E-state index is 12.8. The molecule has 32 heavy (non-hydrogen) atoms. The molecule has 0 bridgehead atoms. The van der Waals surface area contributed by atoms with Gasteiger partial charge in [0.15, 0.2) is 0 Å². The highest BCUT2D eigenvalue weighted by Crippen LogP contribution is 2.40. The number of hydrogen-bond acceptors (Lipinski definition) is 3. The third-order valence-electron chi connectivity index (χ3n) is 6.28. The van der Waals surface area contributed by atoms with E-state index in [9.17, 15) is 18.0 Å². The molecule has 1 amide bonds.